The fraction of sp³-hybridized carbons (Fsp3) is 0.833. The lowest BCUT2D eigenvalue weighted by atomic mass is 9.53. The SMILES string of the molecule is Cl.N#C[C@@H]1CC[C@H](C#N)N1C(=O)CNC12CC3CC(CC(C3)C1)C2. The molecule has 130 valence electrons. The average molecular weight is 349 g/mol. The summed E-state index contributed by atoms with van der Waals surface area (Å²) in [5.41, 5.74) is 0.147. The molecule has 4 saturated carbocycles. The molecule has 5 fully saturated rings. The van der Waals surface area contributed by atoms with Crippen LogP contribution in [0.1, 0.15) is 51.4 Å². The lowest BCUT2D eigenvalue weighted by Crippen LogP contribution is -2.60. The van der Waals surface area contributed by atoms with E-state index in [2.05, 4.69) is 17.5 Å². The maximum Gasteiger partial charge on any atom is 0.238 e. The Hall–Kier alpha value is -1.30. The number of nitrogens with zero attached hydrogens (tertiary/aromatic N) is 3. The van der Waals surface area contributed by atoms with E-state index in [1.54, 1.807) is 0 Å². The minimum absolute atomic E-state index is 0. The number of rotatable bonds is 3. The summed E-state index contributed by atoms with van der Waals surface area (Å²) in [7, 11) is 0. The number of amides is 1. The second-order valence-electron chi connectivity index (χ2n) is 8.22. The molecule has 2 atom stereocenters. The molecule has 0 spiro atoms. The molecule has 5 nitrogen and oxygen atoms in total. The zero-order valence-corrected chi connectivity index (χ0v) is 14.7. The first kappa shape index (κ1) is 17.5. The van der Waals surface area contributed by atoms with Crippen LogP contribution in [0.25, 0.3) is 0 Å². The molecule has 0 aromatic heterocycles. The Bertz CT molecular complexity index is 536. The van der Waals surface area contributed by atoms with Gasteiger partial charge in [0.2, 0.25) is 5.91 Å². The number of carbonyl (C=O) groups is 1. The highest BCUT2D eigenvalue weighted by Crippen LogP contribution is 2.55. The molecule has 1 amide bonds. The van der Waals surface area contributed by atoms with Gasteiger partial charge in [0.05, 0.1) is 18.7 Å². The van der Waals surface area contributed by atoms with Gasteiger partial charge in [-0.15, -0.1) is 12.4 Å². The lowest BCUT2D eigenvalue weighted by Gasteiger charge is -2.57. The zero-order chi connectivity index (χ0) is 16.0. The number of nitrogens with one attached hydrogen (secondary N) is 1. The van der Waals surface area contributed by atoms with Crippen LogP contribution in [0.4, 0.5) is 0 Å². The van der Waals surface area contributed by atoms with Crippen LogP contribution in [0.2, 0.25) is 0 Å². The van der Waals surface area contributed by atoms with Gasteiger partial charge in [0.25, 0.3) is 0 Å². The molecular weight excluding hydrogens is 324 g/mol. The van der Waals surface area contributed by atoms with Crippen molar-refractivity contribution in [1.29, 1.82) is 10.5 Å². The third-order valence-electron chi connectivity index (χ3n) is 6.62. The van der Waals surface area contributed by atoms with E-state index < -0.39 is 12.1 Å². The molecule has 4 bridgehead atoms. The first-order valence-corrected chi connectivity index (χ1v) is 8.98. The Morgan fingerprint density at radius 2 is 1.46 bits per heavy atom. The average Bonchev–Trinajstić information content (AvgIpc) is 2.94. The predicted octanol–water partition coefficient (Wildman–Crippen LogP) is 2.37. The van der Waals surface area contributed by atoms with E-state index in [9.17, 15) is 15.3 Å². The molecule has 0 unspecified atom stereocenters. The number of carbonyl (C=O) groups excluding carboxylic acids is 1. The van der Waals surface area contributed by atoms with Crippen molar-refractivity contribution >= 4 is 18.3 Å². The maximum atomic E-state index is 12.6. The molecule has 1 N–H and O–H groups in total. The number of halogens is 1. The van der Waals surface area contributed by atoms with Crippen molar-refractivity contribution in [2.45, 2.75) is 69.0 Å². The van der Waals surface area contributed by atoms with Crippen molar-refractivity contribution < 1.29 is 4.79 Å². The second kappa shape index (κ2) is 6.54. The molecule has 1 saturated heterocycles. The van der Waals surface area contributed by atoms with Crippen LogP contribution in [0.5, 0.6) is 0 Å². The maximum absolute atomic E-state index is 12.6. The Balaban J connectivity index is 0.00000169. The highest BCUT2D eigenvalue weighted by atomic mass is 35.5. The van der Waals surface area contributed by atoms with E-state index in [1.165, 1.54) is 43.4 Å². The van der Waals surface area contributed by atoms with Crippen LogP contribution in [0, 0.1) is 40.4 Å². The van der Waals surface area contributed by atoms with Gasteiger partial charge in [-0.1, -0.05) is 0 Å². The third kappa shape index (κ3) is 2.89. The summed E-state index contributed by atoms with van der Waals surface area (Å²) in [5, 5.41) is 22.0. The topological polar surface area (TPSA) is 79.9 Å². The standard InChI is InChI=1S/C18H24N4O.ClH/c19-9-15-1-2-16(10-20)22(15)17(23)11-21-18-6-12-3-13(7-18)5-14(4-12)8-18;/h12-16,21H,1-8,11H2;1H/t12?,13?,14?,15-,16+,18?;. The van der Waals surface area contributed by atoms with E-state index in [1.807, 2.05) is 0 Å². The Kier molecular flexibility index (Phi) is 4.78. The summed E-state index contributed by atoms with van der Waals surface area (Å²) in [4.78, 5) is 14.2. The van der Waals surface area contributed by atoms with Crippen molar-refractivity contribution in [2.24, 2.45) is 17.8 Å². The van der Waals surface area contributed by atoms with E-state index in [4.69, 9.17) is 0 Å². The van der Waals surface area contributed by atoms with Crippen LogP contribution in [-0.4, -0.2) is 35.0 Å². The molecule has 0 aromatic rings. The molecule has 4 aliphatic carbocycles. The van der Waals surface area contributed by atoms with Crippen LogP contribution in [-0.2, 0) is 4.79 Å². The molecule has 1 aliphatic heterocycles. The normalized spacial score (nSPS) is 42.2. The molecule has 0 radical (unpaired) electrons. The molecule has 6 heteroatoms. The molecular formula is C18H25ClN4O. The number of hydrogen-bond donors (Lipinski definition) is 1. The Labute approximate surface area is 149 Å². The predicted molar refractivity (Wildman–Crippen MR) is 91.0 cm³/mol. The van der Waals surface area contributed by atoms with Gasteiger partial charge < -0.3 is 10.2 Å². The van der Waals surface area contributed by atoms with E-state index in [0.29, 0.717) is 12.8 Å². The van der Waals surface area contributed by atoms with Crippen molar-refractivity contribution in [3.05, 3.63) is 0 Å². The van der Waals surface area contributed by atoms with Crippen LogP contribution >= 0.6 is 12.4 Å². The van der Waals surface area contributed by atoms with E-state index in [0.717, 1.165) is 17.8 Å². The Morgan fingerprint density at radius 3 is 1.88 bits per heavy atom. The molecule has 5 rings (SSSR count). The summed E-state index contributed by atoms with van der Waals surface area (Å²) in [6, 6.07) is 3.51. The van der Waals surface area contributed by atoms with E-state index in [-0.39, 0.29) is 30.4 Å². The number of nitriles is 2. The van der Waals surface area contributed by atoms with Crippen LogP contribution in [0.3, 0.4) is 0 Å². The smallest absolute Gasteiger partial charge is 0.238 e. The van der Waals surface area contributed by atoms with E-state index >= 15 is 0 Å². The van der Waals surface area contributed by atoms with Gasteiger partial charge in [-0.25, -0.2) is 0 Å². The molecule has 5 aliphatic rings. The Morgan fingerprint density at radius 1 is 1.00 bits per heavy atom. The van der Waals surface area contributed by atoms with Gasteiger partial charge >= 0.3 is 0 Å². The molecule has 0 aromatic carbocycles. The second-order valence-corrected chi connectivity index (χ2v) is 8.22. The summed E-state index contributed by atoms with van der Waals surface area (Å²) in [5.74, 6) is 2.45. The van der Waals surface area contributed by atoms with Gasteiger partial charge in [0, 0.05) is 5.54 Å². The van der Waals surface area contributed by atoms with Crippen LogP contribution < -0.4 is 5.32 Å². The first-order chi connectivity index (χ1) is 11.1. The van der Waals surface area contributed by atoms with Gasteiger partial charge in [-0.2, -0.15) is 10.5 Å². The van der Waals surface area contributed by atoms with Crippen molar-refractivity contribution in [1.82, 2.24) is 10.2 Å². The highest BCUT2D eigenvalue weighted by Gasteiger charge is 2.51. The minimum Gasteiger partial charge on any atom is -0.310 e. The summed E-state index contributed by atoms with van der Waals surface area (Å²) < 4.78 is 0. The third-order valence-corrected chi connectivity index (χ3v) is 6.62. The van der Waals surface area contributed by atoms with Crippen LogP contribution in [0.15, 0.2) is 0 Å². The quantitative estimate of drug-likeness (QED) is 0.849. The highest BCUT2D eigenvalue weighted by molar-refractivity contribution is 5.85. The summed E-state index contributed by atoms with van der Waals surface area (Å²) in [6.07, 6.45) is 9.01. The fourth-order valence-electron chi connectivity index (χ4n) is 6.09. The van der Waals surface area contributed by atoms with Crippen molar-refractivity contribution in [3.63, 3.8) is 0 Å². The van der Waals surface area contributed by atoms with Crippen molar-refractivity contribution in [2.75, 3.05) is 6.54 Å². The number of hydrogen-bond acceptors (Lipinski definition) is 4. The molecule has 1 heterocycles. The van der Waals surface area contributed by atoms with Gasteiger partial charge in [0.15, 0.2) is 0 Å². The molecule has 24 heavy (non-hydrogen) atoms. The lowest BCUT2D eigenvalue weighted by molar-refractivity contribution is -0.132. The van der Waals surface area contributed by atoms with Gasteiger partial charge in [0.1, 0.15) is 12.1 Å². The first-order valence-electron chi connectivity index (χ1n) is 8.98. The number of likely N-dealkylation sites (tertiary alicyclic amines) is 1. The van der Waals surface area contributed by atoms with Crippen molar-refractivity contribution in [3.8, 4) is 12.1 Å². The minimum atomic E-state index is -0.426. The fourth-order valence-corrected chi connectivity index (χ4v) is 6.09. The summed E-state index contributed by atoms with van der Waals surface area (Å²) in [6.45, 7) is 0.280. The van der Waals surface area contributed by atoms with Gasteiger partial charge in [-0.05, 0) is 69.1 Å². The summed E-state index contributed by atoms with van der Waals surface area (Å²) >= 11 is 0. The zero-order valence-electron chi connectivity index (χ0n) is 13.9. The van der Waals surface area contributed by atoms with Gasteiger partial charge in [-0.3, -0.25) is 4.79 Å². The monoisotopic (exact) mass is 348 g/mol. The largest absolute Gasteiger partial charge is 0.310 e.